The second-order valence-corrected chi connectivity index (χ2v) is 7.48. The Kier molecular flexibility index (Phi) is 5.42. The van der Waals surface area contributed by atoms with E-state index in [1.165, 1.54) is 4.90 Å². The molecule has 0 radical (unpaired) electrons. The molecule has 1 unspecified atom stereocenters. The van der Waals surface area contributed by atoms with Crippen LogP contribution in [0.3, 0.4) is 0 Å². The highest BCUT2D eigenvalue weighted by molar-refractivity contribution is 6.30. The lowest BCUT2D eigenvalue weighted by Gasteiger charge is -2.22. The summed E-state index contributed by atoms with van der Waals surface area (Å²) in [4.78, 5) is 26.4. The van der Waals surface area contributed by atoms with Crippen LogP contribution in [0, 0.1) is 13.8 Å². The maximum Gasteiger partial charge on any atom is 0.325 e. The fraction of sp³-hybridized carbons (Fsp3) is 0.333. The summed E-state index contributed by atoms with van der Waals surface area (Å²) < 4.78 is 5.76. The molecule has 0 aromatic heterocycles. The Bertz CT molecular complexity index is 846. The van der Waals surface area contributed by atoms with Gasteiger partial charge in [-0.3, -0.25) is 9.69 Å². The summed E-state index contributed by atoms with van der Waals surface area (Å²) in [5, 5.41) is 3.38. The number of hydrogen-bond acceptors (Lipinski definition) is 3. The predicted octanol–water partition coefficient (Wildman–Crippen LogP) is 4.19. The number of rotatable bonds is 6. The Morgan fingerprint density at radius 1 is 1.07 bits per heavy atom. The quantitative estimate of drug-likeness (QED) is 0.598. The van der Waals surface area contributed by atoms with Gasteiger partial charge in [-0.05, 0) is 68.1 Å². The van der Waals surface area contributed by atoms with Crippen molar-refractivity contribution in [2.24, 2.45) is 0 Å². The standard InChI is InChI=1S/C21H23ClN2O3/c1-14-11-15(2)13-18(12-14)27-10-4-9-24-19(25)21(3,23-20(24)26)16-5-7-17(22)8-6-16/h5-8,11-13H,4,9-10H2,1-3H3,(H,23,26). The van der Waals surface area contributed by atoms with E-state index in [0.29, 0.717) is 30.2 Å². The summed E-state index contributed by atoms with van der Waals surface area (Å²) >= 11 is 5.92. The minimum atomic E-state index is -1.07. The fourth-order valence-corrected chi connectivity index (χ4v) is 3.43. The molecule has 27 heavy (non-hydrogen) atoms. The van der Waals surface area contributed by atoms with Crippen LogP contribution in [0.2, 0.25) is 5.02 Å². The number of benzene rings is 2. The first-order valence-electron chi connectivity index (χ1n) is 8.91. The van der Waals surface area contributed by atoms with Gasteiger partial charge in [0.2, 0.25) is 0 Å². The molecule has 2 aromatic rings. The molecule has 5 nitrogen and oxygen atoms in total. The summed E-state index contributed by atoms with van der Waals surface area (Å²) in [6, 6.07) is 12.6. The molecule has 0 saturated carbocycles. The molecule has 3 amide bonds. The van der Waals surface area contributed by atoms with E-state index in [4.69, 9.17) is 16.3 Å². The van der Waals surface area contributed by atoms with Crippen LogP contribution in [0.1, 0.15) is 30.0 Å². The third kappa shape index (κ3) is 4.08. The van der Waals surface area contributed by atoms with Crippen molar-refractivity contribution in [3.8, 4) is 5.75 Å². The zero-order valence-electron chi connectivity index (χ0n) is 15.7. The zero-order valence-corrected chi connectivity index (χ0v) is 16.5. The minimum Gasteiger partial charge on any atom is -0.494 e. The lowest BCUT2D eigenvalue weighted by molar-refractivity contribution is -0.131. The number of amides is 3. The van der Waals surface area contributed by atoms with Crippen LogP contribution in [0.5, 0.6) is 5.75 Å². The topological polar surface area (TPSA) is 58.6 Å². The van der Waals surface area contributed by atoms with Gasteiger partial charge in [-0.2, -0.15) is 0 Å². The van der Waals surface area contributed by atoms with Crippen LogP contribution >= 0.6 is 11.6 Å². The predicted molar refractivity (Wildman–Crippen MR) is 105 cm³/mol. The van der Waals surface area contributed by atoms with E-state index >= 15 is 0 Å². The van der Waals surface area contributed by atoms with Crippen molar-refractivity contribution in [3.05, 3.63) is 64.2 Å². The summed E-state index contributed by atoms with van der Waals surface area (Å²) in [5.74, 6) is 0.539. The second kappa shape index (κ2) is 7.61. The Morgan fingerprint density at radius 2 is 1.70 bits per heavy atom. The van der Waals surface area contributed by atoms with E-state index in [1.807, 2.05) is 26.0 Å². The average molecular weight is 387 g/mol. The van der Waals surface area contributed by atoms with Crippen molar-refractivity contribution in [2.45, 2.75) is 32.7 Å². The molecule has 1 heterocycles. The highest BCUT2D eigenvalue weighted by atomic mass is 35.5. The third-order valence-corrected chi connectivity index (χ3v) is 4.94. The molecule has 1 fully saturated rings. The number of ether oxygens (including phenoxy) is 1. The maximum atomic E-state index is 12.8. The van der Waals surface area contributed by atoms with Gasteiger partial charge in [-0.25, -0.2) is 4.79 Å². The molecule has 2 aromatic carbocycles. The second-order valence-electron chi connectivity index (χ2n) is 7.04. The number of nitrogens with zero attached hydrogens (tertiary/aromatic N) is 1. The van der Waals surface area contributed by atoms with Gasteiger partial charge < -0.3 is 10.1 Å². The van der Waals surface area contributed by atoms with Gasteiger partial charge in [-0.1, -0.05) is 29.8 Å². The SMILES string of the molecule is Cc1cc(C)cc(OCCCN2C(=O)NC(C)(c3ccc(Cl)cc3)C2=O)c1. The summed E-state index contributed by atoms with van der Waals surface area (Å²) in [7, 11) is 0. The van der Waals surface area contributed by atoms with E-state index in [-0.39, 0.29) is 11.9 Å². The molecule has 1 aliphatic heterocycles. The molecular formula is C21H23ClN2O3. The fourth-order valence-electron chi connectivity index (χ4n) is 3.31. The number of aryl methyl sites for hydroxylation is 2. The van der Waals surface area contributed by atoms with Crippen molar-refractivity contribution in [1.29, 1.82) is 0 Å². The number of imide groups is 1. The number of carbonyl (C=O) groups excluding carboxylic acids is 2. The third-order valence-electron chi connectivity index (χ3n) is 4.69. The maximum absolute atomic E-state index is 12.8. The van der Waals surface area contributed by atoms with Crippen molar-refractivity contribution in [2.75, 3.05) is 13.2 Å². The molecule has 1 saturated heterocycles. The van der Waals surface area contributed by atoms with Gasteiger partial charge in [0.05, 0.1) is 6.61 Å². The lowest BCUT2D eigenvalue weighted by atomic mass is 9.92. The largest absolute Gasteiger partial charge is 0.494 e. The molecule has 3 rings (SSSR count). The Balaban J connectivity index is 1.60. The highest BCUT2D eigenvalue weighted by Gasteiger charge is 2.48. The van der Waals surface area contributed by atoms with Crippen molar-refractivity contribution < 1.29 is 14.3 Å². The number of halogens is 1. The first kappa shape index (κ1) is 19.2. The molecule has 6 heteroatoms. The van der Waals surface area contributed by atoms with E-state index < -0.39 is 5.54 Å². The van der Waals surface area contributed by atoms with Crippen LogP contribution in [0.4, 0.5) is 4.79 Å². The van der Waals surface area contributed by atoms with Crippen LogP contribution in [-0.4, -0.2) is 30.0 Å². The average Bonchev–Trinajstić information content (AvgIpc) is 2.82. The van der Waals surface area contributed by atoms with Crippen LogP contribution < -0.4 is 10.1 Å². The Labute approximate surface area is 164 Å². The van der Waals surface area contributed by atoms with E-state index in [9.17, 15) is 9.59 Å². The molecule has 0 aliphatic carbocycles. The van der Waals surface area contributed by atoms with Crippen LogP contribution in [0.15, 0.2) is 42.5 Å². The molecular weight excluding hydrogens is 364 g/mol. The molecule has 1 N–H and O–H groups in total. The van der Waals surface area contributed by atoms with Crippen molar-refractivity contribution in [1.82, 2.24) is 10.2 Å². The molecule has 142 valence electrons. The zero-order chi connectivity index (χ0) is 19.6. The monoisotopic (exact) mass is 386 g/mol. The van der Waals surface area contributed by atoms with Gasteiger partial charge in [0.15, 0.2) is 0 Å². The Morgan fingerprint density at radius 3 is 2.33 bits per heavy atom. The number of urea groups is 1. The van der Waals surface area contributed by atoms with Gasteiger partial charge >= 0.3 is 6.03 Å². The Hall–Kier alpha value is -2.53. The van der Waals surface area contributed by atoms with E-state index in [2.05, 4.69) is 11.4 Å². The first-order valence-corrected chi connectivity index (χ1v) is 9.28. The summed E-state index contributed by atoms with van der Waals surface area (Å²) in [5.41, 5.74) is 1.91. The minimum absolute atomic E-state index is 0.263. The molecule has 0 spiro atoms. The van der Waals surface area contributed by atoms with Crippen molar-refractivity contribution in [3.63, 3.8) is 0 Å². The van der Waals surface area contributed by atoms with Gasteiger partial charge in [-0.15, -0.1) is 0 Å². The normalized spacial score (nSPS) is 19.3. The number of hydrogen-bond donors (Lipinski definition) is 1. The summed E-state index contributed by atoms with van der Waals surface area (Å²) in [6.45, 7) is 6.48. The smallest absolute Gasteiger partial charge is 0.325 e. The molecule has 1 atom stereocenters. The van der Waals surface area contributed by atoms with Gasteiger partial charge in [0.1, 0.15) is 11.3 Å². The molecule has 1 aliphatic rings. The van der Waals surface area contributed by atoms with E-state index in [0.717, 1.165) is 16.9 Å². The number of carbonyl (C=O) groups is 2. The lowest BCUT2D eigenvalue weighted by Crippen LogP contribution is -2.41. The van der Waals surface area contributed by atoms with E-state index in [1.54, 1.807) is 31.2 Å². The first-order chi connectivity index (χ1) is 12.8. The van der Waals surface area contributed by atoms with Gasteiger partial charge in [0, 0.05) is 11.6 Å². The molecule has 0 bridgehead atoms. The van der Waals surface area contributed by atoms with Crippen LogP contribution in [-0.2, 0) is 10.3 Å². The highest BCUT2D eigenvalue weighted by Crippen LogP contribution is 2.29. The van der Waals surface area contributed by atoms with Gasteiger partial charge in [0.25, 0.3) is 5.91 Å². The summed E-state index contributed by atoms with van der Waals surface area (Å²) in [6.07, 6.45) is 0.558. The number of nitrogens with one attached hydrogen (secondary N) is 1. The van der Waals surface area contributed by atoms with Crippen LogP contribution in [0.25, 0.3) is 0 Å². The van der Waals surface area contributed by atoms with Crippen molar-refractivity contribution >= 4 is 23.5 Å².